The predicted molar refractivity (Wildman–Crippen MR) is 219 cm³/mol. The Kier molecular flexibility index (Phi) is 24.8. The van der Waals surface area contributed by atoms with Crippen LogP contribution in [0.4, 0.5) is 0 Å². The molecule has 0 saturated heterocycles. The summed E-state index contributed by atoms with van der Waals surface area (Å²) in [7, 11) is 0. The number of nitrogens with zero attached hydrogens (tertiary/aromatic N) is 2. The van der Waals surface area contributed by atoms with Crippen LogP contribution in [-0.4, -0.2) is 28.4 Å². The average Bonchev–Trinajstić information content (AvgIpc) is 3.66. The lowest BCUT2D eigenvalue weighted by molar-refractivity contribution is 0.290. The molecule has 2 aromatic heterocycles. The summed E-state index contributed by atoms with van der Waals surface area (Å²) < 4.78 is 12.6. The van der Waals surface area contributed by atoms with Crippen LogP contribution in [0.25, 0.3) is 22.6 Å². The molecule has 0 fully saturated rings. The number of hydrogen-bond acceptors (Lipinski definition) is 4. The fraction of sp³-hybridized carbons (Fsp3) is 0.696. The van der Waals surface area contributed by atoms with E-state index >= 15 is 0 Å². The first-order valence-electron chi connectivity index (χ1n) is 21.7. The van der Waals surface area contributed by atoms with E-state index in [0.717, 1.165) is 60.2 Å². The molecular weight excluding hydrogens is 627 g/mol. The number of aromatic nitrogens is 3. The van der Waals surface area contributed by atoms with E-state index in [9.17, 15) is 0 Å². The SMILES string of the molecule is CCCCCCCCCCCCCCCCOc1cc(OCCCCCCCCCCCCCCCC)cc(-c2cc(-c3ccccn3)[nH]n2)c1. The summed E-state index contributed by atoms with van der Waals surface area (Å²) in [6.45, 7) is 6.06. The zero-order valence-corrected chi connectivity index (χ0v) is 33.0. The van der Waals surface area contributed by atoms with Gasteiger partial charge in [0.2, 0.25) is 0 Å². The van der Waals surface area contributed by atoms with Crippen LogP contribution in [0.3, 0.4) is 0 Å². The van der Waals surface area contributed by atoms with Gasteiger partial charge in [0.05, 0.1) is 30.3 Å². The second kappa shape index (κ2) is 29.7. The molecule has 0 amide bonds. The number of ether oxygens (including phenoxy) is 2. The van der Waals surface area contributed by atoms with Crippen molar-refractivity contribution >= 4 is 0 Å². The van der Waals surface area contributed by atoms with Crippen LogP contribution in [0.15, 0.2) is 48.7 Å². The normalized spacial score (nSPS) is 11.3. The number of benzene rings is 1. The van der Waals surface area contributed by atoms with Gasteiger partial charge in [0.1, 0.15) is 11.5 Å². The molecule has 5 nitrogen and oxygen atoms in total. The number of nitrogens with one attached hydrogen (secondary N) is 1. The van der Waals surface area contributed by atoms with Gasteiger partial charge < -0.3 is 9.47 Å². The van der Waals surface area contributed by atoms with Gasteiger partial charge >= 0.3 is 0 Å². The molecule has 0 spiro atoms. The Bertz CT molecular complexity index is 1160. The lowest BCUT2D eigenvalue weighted by atomic mass is 10.0. The molecule has 3 aromatic rings. The summed E-state index contributed by atoms with van der Waals surface area (Å²) >= 11 is 0. The molecule has 0 aliphatic rings. The van der Waals surface area contributed by atoms with Crippen molar-refractivity contribution in [3.8, 4) is 34.1 Å². The number of unbranched alkanes of at least 4 members (excludes halogenated alkanes) is 26. The molecule has 3 rings (SSSR count). The molecule has 0 radical (unpaired) electrons. The molecule has 0 bridgehead atoms. The van der Waals surface area contributed by atoms with Crippen molar-refractivity contribution in [2.24, 2.45) is 0 Å². The zero-order valence-electron chi connectivity index (χ0n) is 33.0. The number of H-pyrrole nitrogens is 1. The minimum Gasteiger partial charge on any atom is -0.493 e. The second-order valence-corrected chi connectivity index (χ2v) is 15.0. The average molecular weight is 702 g/mol. The van der Waals surface area contributed by atoms with Gasteiger partial charge in [-0.3, -0.25) is 10.1 Å². The van der Waals surface area contributed by atoms with E-state index in [-0.39, 0.29) is 0 Å². The van der Waals surface area contributed by atoms with E-state index in [4.69, 9.17) is 9.47 Å². The monoisotopic (exact) mass is 702 g/mol. The molecular formula is C46H75N3O2. The summed E-state index contributed by atoms with van der Waals surface area (Å²) in [5, 5.41) is 7.79. The van der Waals surface area contributed by atoms with Crippen LogP contribution >= 0.6 is 0 Å². The van der Waals surface area contributed by atoms with Crippen molar-refractivity contribution in [3.63, 3.8) is 0 Å². The van der Waals surface area contributed by atoms with Crippen LogP contribution in [0.2, 0.25) is 0 Å². The molecule has 1 N–H and O–H groups in total. The van der Waals surface area contributed by atoms with Crippen molar-refractivity contribution in [3.05, 3.63) is 48.7 Å². The first-order valence-corrected chi connectivity index (χ1v) is 21.7. The molecule has 5 heteroatoms. The van der Waals surface area contributed by atoms with Crippen molar-refractivity contribution in [1.82, 2.24) is 15.2 Å². The Hall–Kier alpha value is -2.82. The Morgan fingerprint density at radius 1 is 0.451 bits per heavy atom. The fourth-order valence-corrected chi connectivity index (χ4v) is 6.98. The van der Waals surface area contributed by atoms with Gasteiger partial charge in [-0.2, -0.15) is 5.10 Å². The van der Waals surface area contributed by atoms with E-state index in [2.05, 4.69) is 53.3 Å². The van der Waals surface area contributed by atoms with Crippen molar-refractivity contribution < 1.29 is 9.47 Å². The molecule has 0 saturated carbocycles. The van der Waals surface area contributed by atoms with Crippen LogP contribution < -0.4 is 9.47 Å². The summed E-state index contributed by atoms with van der Waals surface area (Å²) in [4.78, 5) is 4.48. The van der Waals surface area contributed by atoms with E-state index in [1.54, 1.807) is 0 Å². The maximum atomic E-state index is 6.31. The van der Waals surface area contributed by atoms with Gasteiger partial charge in [0.15, 0.2) is 0 Å². The quantitative estimate of drug-likeness (QED) is 0.0630. The lowest BCUT2D eigenvalue weighted by Gasteiger charge is -2.12. The third-order valence-electron chi connectivity index (χ3n) is 10.2. The molecule has 0 aliphatic carbocycles. The molecule has 0 atom stereocenters. The largest absolute Gasteiger partial charge is 0.493 e. The summed E-state index contributed by atoms with van der Waals surface area (Å²) in [6.07, 6.45) is 39.9. The highest BCUT2D eigenvalue weighted by Crippen LogP contribution is 2.31. The molecule has 51 heavy (non-hydrogen) atoms. The van der Waals surface area contributed by atoms with Gasteiger partial charge in [-0.15, -0.1) is 0 Å². The lowest BCUT2D eigenvalue weighted by Crippen LogP contribution is -2.01. The minimum absolute atomic E-state index is 0.736. The van der Waals surface area contributed by atoms with Crippen molar-refractivity contribution in [2.45, 2.75) is 194 Å². The highest BCUT2D eigenvalue weighted by Gasteiger charge is 2.11. The Balaban J connectivity index is 1.34. The van der Waals surface area contributed by atoms with Gasteiger partial charge in [-0.05, 0) is 43.2 Å². The standard InChI is InChI=1S/C46H75N3O2/c1-3-5-7-9-11-13-15-17-19-21-23-25-27-31-35-50-42-37-41(45-40-46(49-48-45)44-33-29-30-34-47-44)38-43(39-42)51-36-32-28-26-24-22-20-18-16-14-12-10-8-6-4-2/h29-30,33-34,37-40H,3-28,31-32,35-36H2,1-2H3,(H,48,49). The molecule has 2 heterocycles. The van der Waals surface area contributed by atoms with Gasteiger partial charge in [-0.25, -0.2) is 0 Å². The molecule has 1 aromatic carbocycles. The smallest absolute Gasteiger partial charge is 0.123 e. The molecule has 0 aliphatic heterocycles. The van der Waals surface area contributed by atoms with E-state index in [1.165, 1.54) is 167 Å². The summed E-state index contributed by atoms with van der Waals surface area (Å²) in [6, 6.07) is 14.2. The fourth-order valence-electron chi connectivity index (χ4n) is 6.98. The van der Waals surface area contributed by atoms with Crippen LogP contribution in [-0.2, 0) is 0 Å². The van der Waals surface area contributed by atoms with Gasteiger partial charge in [0, 0.05) is 17.8 Å². The summed E-state index contributed by atoms with van der Waals surface area (Å²) in [5.74, 6) is 1.72. The highest BCUT2D eigenvalue weighted by molar-refractivity contribution is 5.68. The van der Waals surface area contributed by atoms with Crippen LogP contribution in [0, 0.1) is 0 Å². The van der Waals surface area contributed by atoms with E-state index < -0.39 is 0 Å². The maximum Gasteiger partial charge on any atom is 0.123 e. The second-order valence-electron chi connectivity index (χ2n) is 15.0. The summed E-state index contributed by atoms with van der Waals surface area (Å²) in [5.41, 5.74) is 3.67. The van der Waals surface area contributed by atoms with E-state index in [1.807, 2.05) is 24.4 Å². The minimum atomic E-state index is 0.736. The third-order valence-corrected chi connectivity index (χ3v) is 10.2. The maximum absolute atomic E-state index is 6.31. The molecule has 286 valence electrons. The van der Waals surface area contributed by atoms with Crippen LogP contribution in [0.5, 0.6) is 11.5 Å². The Morgan fingerprint density at radius 3 is 1.25 bits per heavy atom. The topological polar surface area (TPSA) is 60.0 Å². The van der Waals surface area contributed by atoms with Gasteiger partial charge in [0.25, 0.3) is 0 Å². The van der Waals surface area contributed by atoms with Crippen molar-refractivity contribution in [1.29, 1.82) is 0 Å². The van der Waals surface area contributed by atoms with Crippen molar-refractivity contribution in [2.75, 3.05) is 13.2 Å². The Morgan fingerprint density at radius 2 is 0.863 bits per heavy atom. The predicted octanol–water partition coefficient (Wildman–Crippen LogP) is 14.9. The number of hydrogen-bond donors (Lipinski definition) is 1. The van der Waals surface area contributed by atoms with Crippen LogP contribution in [0.1, 0.15) is 194 Å². The van der Waals surface area contributed by atoms with Gasteiger partial charge in [-0.1, -0.05) is 187 Å². The highest BCUT2D eigenvalue weighted by atomic mass is 16.5. The first kappa shape index (κ1) is 42.6. The number of aromatic amines is 1. The van der Waals surface area contributed by atoms with E-state index in [0.29, 0.717) is 0 Å². The molecule has 0 unspecified atom stereocenters. The number of pyridine rings is 1. The third kappa shape index (κ3) is 20.7. The Labute approximate surface area is 313 Å². The zero-order chi connectivity index (χ0) is 35.9. The number of rotatable bonds is 34. The first-order chi connectivity index (χ1) is 25.3.